The highest BCUT2D eigenvalue weighted by Crippen LogP contribution is 2.14. The van der Waals surface area contributed by atoms with Crippen molar-refractivity contribution in [2.45, 2.75) is 27.7 Å². The highest BCUT2D eigenvalue weighted by Gasteiger charge is 1.93. The van der Waals surface area contributed by atoms with Crippen molar-refractivity contribution in [3.63, 3.8) is 0 Å². The van der Waals surface area contributed by atoms with Crippen LogP contribution in [0.1, 0.15) is 25.0 Å². The van der Waals surface area contributed by atoms with Gasteiger partial charge in [0, 0.05) is 17.2 Å². The van der Waals surface area contributed by atoms with Crippen LogP contribution in [-0.2, 0) is 0 Å². The molecule has 0 amide bonds. The second-order valence-electron chi connectivity index (χ2n) is 2.05. The summed E-state index contributed by atoms with van der Waals surface area (Å²) in [5, 5.41) is 9.05. The van der Waals surface area contributed by atoms with Crippen molar-refractivity contribution in [2.75, 3.05) is 0 Å². The minimum absolute atomic E-state index is 0.297. The van der Waals surface area contributed by atoms with Gasteiger partial charge in [-0.15, -0.1) is 0 Å². The Morgan fingerprint density at radius 3 is 2.18 bits per heavy atom. The average Bonchev–Trinajstić information content (AvgIpc) is 2.04. The lowest BCUT2D eigenvalue weighted by Crippen LogP contribution is -1.76. The van der Waals surface area contributed by atoms with Crippen LogP contribution in [0, 0.1) is 26.0 Å². The first-order chi connectivity index (χ1) is 5.22. The molecule has 1 nitrogen and oxygen atoms in total. The maximum Gasteiger partial charge on any atom is 0.127 e. The second-order valence-corrected chi connectivity index (χ2v) is 2.05. The van der Waals surface area contributed by atoms with E-state index in [9.17, 15) is 0 Å². The molecule has 0 atom stereocenters. The van der Waals surface area contributed by atoms with E-state index >= 15 is 0 Å². The Kier molecular flexibility index (Phi) is 4.14. The molecule has 0 heterocycles. The van der Waals surface area contributed by atoms with Crippen molar-refractivity contribution in [3.05, 3.63) is 29.3 Å². The molecule has 0 radical (unpaired) electrons. The SMILES string of the molecule is CC.Cc1c#ccc(O)c1C. The van der Waals surface area contributed by atoms with Crippen molar-refractivity contribution in [2.24, 2.45) is 0 Å². The summed E-state index contributed by atoms with van der Waals surface area (Å²) in [7, 11) is 0. The summed E-state index contributed by atoms with van der Waals surface area (Å²) in [6.07, 6.45) is 0. The van der Waals surface area contributed by atoms with E-state index in [2.05, 4.69) is 12.1 Å². The molecule has 0 unspecified atom stereocenters. The standard InChI is InChI=1S/C8H8O.C2H6/c1-6-4-3-5-8(9)7(6)2;1-2/h5,9H,1-2H3;1-2H3. The van der Waals surface area contributed by atoms with Gasteiger partial charge >= 0.3 is 0 Å². The zero-order valence-electron chi connectivity index (χ0n) is 7.52. The van der Waals surface area contributed by atoms with E-state index in [0.29, 0.717) is 5.75 Å². The fourth-order valence-electron chi connectivity index (χ4n) is 0.607. The van der Waals surface area contributed by atoms with Crippen LogP contribution < -0.4 is 0 Å². The molecule has 1 N–H and O–H groups in total. The molecule has 0 aliphatic carbocycles. The molecular formula is C10H14O. The molecule has 0 aliphatic rings. The molecule has 0 spiro atoms. The molecule has 1 rings (SSSR count). The lowest BCUT2D eigenvalue weighted by atomic mass is 10.1. The first-order valence-corrected chi connectivity index (χ1v) is 3.80. The molecule has 0 fully saturated rings. The minimum Gasteiger partial charge on any atom is -0.507 e. The Bertz CT molecular complexity index is 196. The van der Waals surface area contributed by atoms with E-state index in [1.165, 1.54) is 6.07 Å². The Balaban J connectivity index is 0.000000461. The average molecular weight is 150 g/mol. The molecule has 11 heavy (non-hydrogen) atoms. The van der Waals surface area contributed by atoms with Gasteiger partial charge in [0.25, 0.3) is 0 Å². The Morgan fingerprint density at radius 1 is 1.27 bits per heavy atom. The monoisotopic (exact) mass is 150 g/mol. The number of hydrogen-bond donors (Lipinski definition) is 1. The van der Waals surface area contributed by atoms with E-state index < -0.39 is 0 Å². The molecule has 0 aromatic heterocycles. The maximum absolute atomic E-state index is 9.05. The van der Waals surface area contributed by atoms with E-state index in [1.807, 2.05) is 27.7 Å². The molecule has 0 bridgehead atoms. The number of aromatic hydroxyl groups is 1. The van der Waals surface area contributed by atoms with Crippen LogP contribution in [-0.4, -0.2) is 5.11 Å². The van der Waals surface area contributed by atoms with Gasteiger partial charge < -0.3 is 5.11 Å². The maximum atomic E-state index is 9.05. The molecular weight excluding hydrogens is 136 g/mol. The van der Waals surface area contributed by atoms with Gasteiger partial charge in [-0.05, 0) is 13.8 Å². The summed E-state index contributed by atoms with van der Waals surface area (Å²) >= 11 is 0. The van der Waals surface area contributed by atoms with Gasteiger partial charge in [-0.2, -0.15) is 0 Å². The van der Waals surface area contributed by atoms with Crippen LogP contribution in [0.25, 0.3) is 0 Å². The summed E-state index contributed by atoms with van der Waals surface area (Å²) < 4.78 is 0. The fraction of sp³-hybridized carbons (Fsp3) is 0.400. The van der Waals surface area contributed by atoms with Crippen molar-refractivity contribution in [3.8, 4) is 5.75 Å². The molecule has 0 saturated heterocycles. The summed E-state index contributed by atoms with van der Waals surface area (Å²) in [5.41, 5.74) is 1.84. The second kappa shape index (κ2) is 4.62. The largest absolute Gasteiger partial charge is 0.507 e. The van der Waals surface area contributed by atoms with Crippen LogP contribution in [0.4, 0.5) is 0 Å². The summed E-state index contributed by atoms with van der Waals surface area (Å²) in [5.74, 6) is 0.297. The van der Waals surface area contributed by atoms with Gasteiger partial charge in [-0.3, -0.25) is 0 Å². The van der Waals surface area contributed by atoms with Crippen molar-refractivity contribution in [1.29, 1.82) is 0 Å². The first-order valence-electron chi connectivity index (χ1n) is 3.80. The van der Waals surface area contributed by atoms with Gasteiger partial charge in [0.15, 0.2) is 0 Å². The third kappa shape index (κ3) is 2.51. The zero-order chi connectivity index (χ0) is 8.85. The summed E-state index contributed by atoms with van der Waals surface area (Å²) in [6.45, 7) is 7.75. The smallest absolute Gasteiger partial charge is 0.127 e. The van der Waals surface area contributed by atoms with E-state index in [1.54, 1.807) is 0 Å². The fourth-order valence-corrected chi connectivity index (χ4v) is 0.607. The lowest BCUT2D eigenvalue weighted by molar-refractivity contribution is 0.471. The minimum atomic E-state index is 0.297. The van der Waals surface area contributed by atoms with Crippen LogP contribution in [0.5, 0.6) is 5.75 Å². The van der Waals surface area contributed by atoms with Crippen LogP contribution in [0.15, 0.2) is 6.07 Å². The molecule has 1 aromatic carbocycles. The molecule has 0 aliphatic heterocycles. The van der Waals surface area contributed by atoms with Crippen molar-refractivity contribution in [1.82, 2.24) is 0 Å². The molecule has 1 aromatic rings. The highest BCUT2D eigenvalue weighted by molar-refractivity contribution is 5.33. The summed E-state index contributed by atoms with van der Waals surface area (Å²) in [6, 6.07) is 7.07. The van der Waals surface area contributed by atoms with Crippen LogP contribution in [0.3, 0.4) is 0 Å². The zero-order valence-corrected chi connectivity index (χ0v) is 7.52. The van der Waals surface area contributed by atoms with Gasteiger partial charge in [0.1, 0.15) is 5.75 Å². The van der Waals surface area contributed by atoms with Gasteiger partial charge in [-0.1, -0.05) is 26.0 Å². The van der Waals surface area contributed by atoms with Crippen molar-refractivity contribution >= 4 is 0 Å². The Labute approximate surface area is 68.7 Å². The number of rotatable bonds is 0. The van der Waals surface area contributed by atoms with E-state index in [-0.39, 0.29) is 0 Å². The van der Waals surface area contributed by atoms with E-state index in [0.717, 1.165) is 11.1 Å². The van der Waals surface area contributed by atoms with Gasteiger partial charge in [0.2, 0.25) is 0 Å². The Morgan fingerprint density at radius 2 is 1.82 bits per heavy atom. The first kappa shape index (κ1) is 9.84. The topological polar surface area (TPSA) is 20.2 Å². The normalized spacial score (nSPS) is 7.64. The Hall–Kier alpha value is -1.16. The quantitative estimate of drug-likeness (QED) is 0.602. The van der Waals surface area contributed by atoms with Gasteiger partial charge in [-0.25, -0.2) is 0 Å². The highest BCUT2D eigenvalue weighted by atomic mass is 16.3. The number of hydrogen-bond acceptors (Lipinski definition) is 1. The molecule has 0 saturated carbocycles. The van der Waals surface area contributed by atoms with Crippen molar-refractivity contribution < 1.29 is 5.11 Å². The molecule has 1 heteroatoms. The third-order valence-electron chi connectivity index (χ3n) is 1.42. The predicted molar refractivity (Wildman–Crippen MR) is 46.6 cm³/mol. The summed E-state index contributed by atoms with van der Waals surface area (Å²) in [4.78, 5) is 0. The lowest BCUT2D eigenvalue weighted by Gasteiger charge is -1.95. The van der Waals surface area contributed by atoms with Crippen LogP contribution >= 0.6 is 0 Å². The van der Waals surface area contributed by atoms with E-state index in [4.69, 9.17) is 5.11 Å². The van der Waals surface area contributed by atoms with Crippen LogP contribution in [0.2, 0.25) is 0 Å². The van der Waals surface area contributed by atoms with Gasteiger partial charge in [0.05, 0.1) is 0 Å². The molecule has 60 valence electrons. The predicted octanol–water partition coefficient (Wildman–Crippen LogP) is 2.64. The third-order valence-corrected chi connectivity index (χ3v) is 1.42.